The van der Waals surface area contributed by atoms with E-state index < -0.39 is 11.1 Å². The number of aryl methyl sites for hydroxylation is 1. The Morgan fingerprint density at radius 1 is 1.18 bits per heavy atom. The summed E-state index contributed by atoms with van der Waals surface area (Å²) in [7, 11) is 2.04. The second-order valence-corrected chi connectivity index (χ2v) is 4.42. The zero-order valence-corrected chi connectivity index (χ0v) is 9.54. The summed E-state index contributed by atoms with van der Waals surface area (Å²) >= 11 is 0. The summed E-state index contributed by atoms with van der Waals surface area (Å²) in [6, 6.07) is 3.83. The van der Waals surface area contributed by atoms with Crippen molar-refractivity contribution in [2.24, 2.45) is 0 Å². The van der Waals surface area contributed by atoms with Crippen LogP contribution < -0.4 is 16.0 Å². The topological polar surface area (TPSA) is 69.0 Å². The first-order valence-corrected chi connectivity index (χ1v) is 5.66. The van der Waals surface area contributed by atoms with Gasteiger partial charge >= 0.3 is 11.1 Å². The minimum absolute atomic E-state index is 0.584. The fourth-order valence-corrected chi connectivity index (χ4v) is 2.46. The lowest BCUT2D eigenvalue weighted by Crippen LogP contribution is -2.30. The Kier molecular flexibility index (Phi) is 2.07. The van der Waals surface area contributed by atoms with Gasteiger partial charge in [0.05, 0.1) is 11.0 Å². The Bertz CT molecular complexity index is 699. The van der Waals surface area contributed by atoms with Crippen molar-refractivity contribution in [2.45, 2.75) is 12.8 Å². The molecule has 0 unspecified atom stereocenters. The number of anilines is 1. The van der Waals surface area contributed by atoms with Gasteiger partial charge in [-0.1, -0.05) is 0 Å². The Morgan fingerprint density at radius 2 is 1.94 bits per heavy atom. The molecule has 0 atom stereocenters. The summed E-state index contributed by atoms with van der Waals surface area (Å²) in [6.07, 6.45) is 1.99. The summed E-state index contributed by atoms with van der Waals surface area (Å²) in [5.74, 6) is 0. The quantitative estimate of drug-likeness (QED) is 0.652. The molecule has 17 heavy (non-hydrogen) atoms. The van der Waals surface area contributed by atoms with Crippen molar-refractivity contribution >= 4 is 16.7 Å². The Hall–Kier alpha value is -2.04. The summed E-state index contributed by atoms with van der Waals surface area (Å²) in [4.78, 5) is 30.1. The number of nitrogens with zero attached hydrogens (tertiary/aromatic N) is 1. The van der Waals surface area contributed by atoms with Crippen LogP contribution in [-0.4, -0.2) is 23.6 Å². The minimum atomic E-state index is -0.596. The van der Waals surface area contributed by atoms with Gasteiger partial charge in [-0.2, -0.15) is 0 Å². The molecule has 0 spiro atoms. The normalized spacial score (nSPS) is 15.0. The zero-order chi connectivity index (χ0) is 12.0. The van der Waals surface area contributed by atoms with E-state index in [0.717, 1.165) is 36.2 Å². The average Bonchev–Trinajstić information content (AvgIpc) is 2.31. The third-order valence-corrected chi connectivity index (χ3v) is 3.31. The maximum absolute atomic E-state index is 11.4. The van der Waals surface area contributed by atoms with Gasteiger partial charge in [0, 0.05) is 24.8 Å². The number of aromatic amines is 2. The van der Waals surface area contributed by atoms with E-state index in [1.807, 2.05) is 19.2 Å². The van der Waals surface area contributed by atoms with Crippen LogP contribution in [0.1, 0.15) is 12.0 Å². The van der Waals surface area contributed by atoms with Gasteiger partial charge < -0.3 is 14.9 Å². The number of benzene rings is 1. The van der Waals surface area contributed by atoms with Gasteiger partial charge in [-0.15, -0.1) is 0 Å². The Labute approximate surface area is 97.1 Å². The second kappa shape index (κ2) is 3.48. The van der Waals surface area contributed by atoms with Crippen LogP contribution in [-0.2, 0) is 6.42 Å². The molecule has 5 heteroatoms. The maximum atomic E-state index is 11.4. The molecule has 0 amide bonds. The van der Waals surface area contributed by atoms with Gasteiger partial charge in [-0.05, 0) is 25.0 Å². The molecule has 2 heterocycles. The van der Waals surface area contributed by atoms with Crippen LogP contribution in [0.2, 0.25) is 0 Å². The highest BCUT2D eigenvalue weighted by Crippen LogP contribution is 2.29. The van der Waals surface area contributed by atoms with E-state index in [4.69, 9.17) is 0 Å². The number of rotatable bonds is 0. The van der Waals surface area contributed by atoms with Crippen LogP contribution in [0.15, 0.2) is 21.7 Å². The molecule has 0 saturated heterocycles. The monoisotopic (exact) mass is 231 g/mol. The molecule has 0 aliphatic carbocycles. The molecule has 2 N–H and O–H groups in total. The molecule has 0 bridgehead atoms. The number of fused-ring (bicyclic) bond motifs is 3. The van der Waals surface area contributed by atoms with Crippen LogP contribution in [0, 0.1) is 0 Å². The predicted octanol–water partition coefficient (Wildman–Crippen LogP) is 0.599. The number of hydrogen-bond donors (Lipinski definition) is 2. The van der Waals surface area contributed by atoms with Crippen LogP contribution in [0.5, 0.6) is 0 Å². The van der Waals surface area contributed by atoms with Crippen molar-refractivity contribution in [3.63, 3.8) is 0 Å². The molecule has 1 aliphatic heterocycles. The highest BCUT2D eigenvalue weighted by molar-refractivity contribution is 5.84. The molecule has 5 nitrogen and oxygen atoms in total. The first-order valence-electron chi connectivity index (χ1n) is 5.66. The molecule has 1 aliphatic rings. The molecule has 2 aromatic rings. The average molecular weight is 231 g/mol. The van der Waals surface area contributed by atoms with Crippen molar-refractivity contribution in [1.29, 1.82) is 0 Å². The third-order valence-electron chi connectivity index (χ3n) is 3.31. The summed E-state index contributed by atoms with van der Waals surface area (Å²) in [6.45, 7) is 1.02. The Balaban J connectivity index is 2.41. The molecule has 0 saturated carbocycles. The minimum Gasteiger partial charge on any atom is -0.374 e. The van der Waals surface area contributed by atoms with Crippen LogP contribution in [0.4, 0.5) is 5.69 Å². The summed E-state index contributed by atoms with van der Waals surface area (Å²) < 4.78 is 0. The van der Waals surface area contributed by atoms with Crippen molar-refractivity contribution in [2.75, 3.05) is 18.5 Å². The molecule has 88 valence electrons. The molecule has 1 aromatic carbocycles. The number of aromatic nitrogens is 2. The van der Waals surface area contributed by atoms with Crippen LogP contribution in [0.3, 0.4) is 0 Å². The highest BCUT2D eigenvalue weighted by atomic mass is 16.2. The molecule has 0 fully saturated rings. The third kappa shape index (κ3) is 1.46. The molecular weight excluding hydrogens is 218 g/mol. The molecular formula is C12H13N3O2. The second-order valence-electron chi connectivity index (χ2n) is 4.42. The fourth-order valence-electron chi connectivity index (χ4n) is 2.46. The van der Waals surface area contributed by atoms with E-state index in [-0.39, 0.29) is 0 Å². The summed E-state index contributed by atoms with van der Waals surface area (Å²) in [5, 5.41) is 0. The largest absolute Gasteiger partial charge is 0.374 e. The first kappa shape index (κ1) is 10.1. The molecule has 0 radical (unpaired) electrons. The fraction of sp³-hybridized carbons (Fsp3) is 0.333. The van der Waals surface area contributed by atoms with E-state index in [2.05, 4.69) is 14.9 Å². The first-order chi connectivity index (χ1) is 8.16. The molecule has 1 aromatic heterocycles. The SMILES string of the molecule is CN1CCCc2c1ccc1[nH]c(=O)c(=O)[nH]c21. The standard InChI is InChI=1S/C12H13N3O2/c1-15-6-2-3-7-9(15)5-4-8-10(7)14-12(17)11(16)13-8/h4-5H,2-3,6H2,1H3,(H,13,16)(H,14,17). The van der Waals surface area contributed by atoms with Crippen molar-refractivity contribution < 1.29 is 0 Å². The number of hydrogen-bond acceptors (Lipinski definition) is 3. The van der Waals surface area contributed by atoms with Gasteiger partial charge in [-0.25, -0.2) is 0 Å². The lowest BCUT2D eigenvalue weighted by molar-refractivity contribution is 0.747. The lowest BCUT2D eigenvalue weighted by Gasteiger charge is -2.28. The van der Waals surface area contributed by atoms with E-state index in [1.54, 1.807) is 0 Å². The van der Waals surface area contributed by atoms with E-state index >= 15 is 0 Å². The van der Waals surface area contributed by atoms with Gasteiger partial charge in [0.15, 0.2) is 0 Å². The smallest absolute Gasteiger partial charge is 0.314 e. The zero-order valence-electron chi connectivity index (χ0n) is 9.54. The summed E-state index contributed by atoms with van der Waals surface area (Å²) in [5.41, 5.74) is 2.53. The van der Waals surface area contributed by atoms with Crippen molar-refractivity contribution in [1.82, 2.24) is 9.97 Å². The Morgan fingerprint density at radius 3 is 2.76 bits per heavy atom. The lowest BCUT2D eigenvalue weighted by atomic mass is 10.0. The van der Waals surface area contributed by atoms with E-state index in [0.29, 0.717) is 5.52 Å². The van der Waals surface area contributed by atoms with Crippen LogP contribution in [0.25, 0.3) is 11.0 Å². The van der Waals surface area contributed by atoms with E-state index in [1.165, 1.54) is 0 Å². The van der Waals surface area contributed by atoms with Gasteiger partial charge in [0.1, 0.15) is 0 Å². The molecule has 3 rings (SSSR count). The van der Waals surface area contributed by atoms with Crippen molar-refractivity contribution in [3.05, 3.63) is 38.4 Å². The predicted molar refractivity (Wildman–Crippen MR) is 66.8 cm³/mol. The number of H-pyrrole nitrogens is 2. The van der Waals surface area contributed by atoms with Gasteiger partial charge in [-0.3, -0.25) is 9.59 Å². The van der Waals surface area contributed by atoms with Gasteiger partial charge in [0.2, 0.25) is 0 Å². The number of nitrogens with one attached hydrogen (secondary N) is 2. The van der Waals surface area contributed by atoms with Gasteiger partial charge in [0.25, 0.3) is 0 Å². The maximum Gasteiger partial charge on any atom is 0.314 e. The van der Waals surface area contributed by atoms with E-state index in [9.17, 15) is 9.59 Å². The van der Waals surface area contributed by atoms with Crippen molar-refractivity contribution in [3.8, 4) is 0 Å². The highest BCUT2D eigenvalue weighted by Gasteiger charge is 2.17. The van der Waals surface area contributed by atoms with Crippen LogP contribution >= 0.6 is 0 Å².